The van der Waals surface area contributed by atoms with Gasteiger partial charge in [-0.25, -0.2) is 9.78 Å². The molecule has 0 bridgehead atoms. The van der Waals surface area contributed by atoms with E-state index in [0.29, 0.717) is 12.0 Å². The molecule has 0 radical (unpaired) electrons. The summed E-state index contributed by atoms with van der Waals surface area (Å²) in [5.74, 6) is -1.61. The fourth-order valence-corrected chi connectivity index (χ4v) is 1.47. The van der Waals surface area contributed by atoms with Gasteiger partial charge in [-0.2, -0.15) is 4.99 Å². The van der Waals surface area contributed by atoms with Crippen LogP contribution in [0.25, 0.3) is 0 Å². The monoisotopic (exact) mass is 249 g/mol. The Balaban J connectivity index is 3.20. The molecule has 1 N–H and O–H groups in total. The number of carboxylic acid groups (broad SMARTS) is 1. The standard InChI is InChI=1S/C12H15N3O3/c1-4-8-9(11(16)14-7-15(2)3)5-6-13-10(8)12(17)18/h5-7H,4H2,1-3H3,(H,17,18). The highest BCUT2D eigenvalue weighted by atomic mass is 16.4. The van der Waals surface area contributed by atoms with Crippen molar-refractivity contribution in [2.24, 2.45) is 4.99 Å². The number of aromatic nitrogens is 1. The number of hydrogen-bond donors (Lipinski definition) is 1. The molecule has 0 aliphatic carbocycles. The van der Waals surface area contributed by atoms with Gasteiger partial charge >= 0.3 is 5.97 Å². The molecular weight excluding hydrogens is 234 g/mol. The first-order valence-electron chi connectivity index (χ1n) is 5.43. The fourth-order valence-electron chi connectivity index (χ4n) is 1.47. The van der Waals surface area contributed by atoms with Crippen LogP contribution in [0.15, 0.2) is 17.3 Å². The van der Waals surface area contributed by atoms with Crippen molar-refractivity contribution >= 4 is 18.2 Å². The van der Waals surface area contributed by atoms with E-state index in [1.807, 2.05) is 0 Å². The number of amides is 1. The van der Waals surface area contributed by atoms with Crippen molar-refractivity contribution in [1.29, 1.82) is 0 Å². The lowest BCUT2D eigenvalue weighted by atomic mass is 10.0. The summed E-state index contributed by atoms with van der Waals surface area (Å²) in [6.45, 7) is 1.77. The van der Waals surface area contributed by atoms with E-state index in [4.69, 9.17) is 5.11 Å². The van der Waals surface area contributed by atoms with Gasteiger partial charge in [-0.1, -0.05) is 6.92 Å². The van der Waals surface area contributed by atoms with Crippen molar-refractivity contribution in [3.05, 3.63) is 29.1 Å². The molecule has 1 heterocycles. The molecule has 6 heteroatoms. The molecule has 0 fully saturated rings. The molecule has 0 aromatic carbocycles. The molecule has 18 heavy (non-hydrogen) atoms. The second-order valence-electron chi connectivity index (χ2n) is 3.86. The van der Waals surface area contributed by atoms with Crippen LogP contribution in [-0.4, -0.2) is 47.3 Å². The molecule has 0 aliphatic rings. The normalized spacial score (nSPS) is 10.6. The maximum Gasteiger partial charge on any atom is 0.354 e. The Morgan fingerprint density at radius 3 is 2.67 bits per heavy atom. The number of carbonyl (C=O) groups excluding carboxylic acids is 1. The zero-order valence-corrected chi connectivity index (χ0v) is 10.5. The average molecular weight is 249 g/mol. The number of carbonyl (C=O) groups is 2. The average Bonchev–Trinajstić information content (AvgIpc) is 2.34. The molecule has 96 valence electrons. The van der Waals surface area contributed by atoms with Crippen LogP contribution < -0.4 is 0 Å². The van der Waals surface area contributed by atoms with Crippen molar-refractivity contribution in [3.63, 3.8) is 0 Å². The molecular formula is C12H15N3O3. The van der Waals surface area contributed by atoms with Crippen LogP contribution >= 0.6 is 0 Å². The van der Waals surface area contributed by atoms with Crippen LogP contribution in [-0.2, 0) is 6.42 Å². The minimum Gasteiger partial charge on any atom is -0.477 e. The third-order valence-corrected chi connectivity index (χ3v) is 2.25. The number of rotatable bonds is 4. The summed E-state index contributed by atoms with van der Waals surface area (Å²) in [7, 11) is 3.49. The lowest BCUT2D eigenvalue weighted by Crippen LogP contribution is -2.13. The molecule has 1 aromatic rings. The second kappa shape index (κ2) is 5.90. The Bertz CT molecular complexity index is 495. The van der Waals surface area contributed by atoms with Gasteiger partial charge in [0.2, 0.25) is 0 Å². The Kier molecular flexibility index (Phi) is 4.53. The van der Waals surface area contributed by atoms with Crippen molar-refractivity contribution in [1.82, 2.24) is 9.88 Å². The SMILES string of the molecule is CCc1c(C(=O)N=CN(C)C)ccnc1C(=O)O. The van der Waals surface area contributed by atoms with Gasteiger partial charge in [0.1, 0.15) is 0 Å². The topological polar surface area (TPSA) is 82.9 Å². The number of pyridine rings is 1. The first kappa shape index (κ1) is 13.8. The molecule has 6 nitrogen and oxygen atoms in total. The highest BCUT2D eigenvalue weighted by Gasteiger charge is 2.17. The first-order chi connectivity index (χ1) is 8.47. The lowest BCUT2D eigenvalue weighted by Gasteiger charge is -2.07. The third-order valence-electron chi connectivity index (χ3n) is 2.25. The van der Waals surface area contributed by atoms with Crippen LogP contribution in [0.5, 0.6) is 0 Å². The van der Waals surface area contributed by atoms with Gasteiger partial charge in [0.05, 0.1) is 6.34 Å². The van der Waals surface area contributed by atoms with Gasteiger partial charge in [0.25, 0.3) is 5.91 Å². The van der Waals surface area contributed by atoms with Crippen molar-refractivity contribution in [3.8, 4) is 0 Å². The molecule has 1 rings (SSSR count). The molecule has 0 aliphatic heterocycles. The summed E-state index contributed by atoms with van der Waals surface area (Å²) >= 11 is 0. The van der Waals surface area contributed by atoms with Gasteiger partial charge < -0.3 is 10.0 Å². The second-order valence-corrected chi connectivity index (χ2v) is 3.86. The van der Waals surface area contributed by atoms with Crippen molar-refractivity contribution in [2.75, 3.05) is 14.1 Å². The first-order valence-corrected chi connectivity index (χ1v) is 5.43. The summed E-state index contributed by atoms with van der Waals surface area (Å²) in [6.07, 6.45) is 3.09. The Labute approximate surface area is 105 Å². The summed E-state index contributed by atoms with van der Waals surface area (Å²) in [5.41, 5.74) is 0.595. The van der Waals surface area contributed by atoms with Crippen LogP contribution in [0.4, 0.5) is 0 Å². The lowest BCUT2D eigenvalue weighted by molar-refractivity contribution is 0.0689. The van der Waals surface area contributed by atoms with Crippen LogP contribution in [0, 0.1) is 0 Å². The van der Waals surface area contributed by atoms with E-state index in [0.717, 1.165) is 0 Å². The molecule has 0 spiro atoms. The van der Waals surface area contributed by atoms with E-state index in [1.54, 1.807) is 25.9 Å². The quantitative estimate of drug-likeness (QED) is 0.637. The summed E-state index contributed by atoms with van der Waals surface area (Å²) in [6, 6.07) is 1.49. The fraction of sp³-hybridized carbons (Fsp3) is 0.333. The van der Waals surface area contributed by atoms with Gasteiger partial charge in [-0.05, 0) is 18.1 Å². The van der Waals surface area contributed by atoms with Gasteiger partial charge in [0.15, 0.2) is 5.69 Å². The number of aromatic carboxylic acids is 1. The van der Waals surface area contributed by atoms with Crippen LogP contribution in [0.3, 0.4) is 0 Å². The van der Waals surface area contributed by atoms with Crippen molar-refractivity contribution < 1.29 is 14.7 Å². The van der Waals surface area contributed by atoms with Crippen molar-refractivity contribution in [2.45, 2.75) is 13.3 Å². The number of aliphatic imine (C=N–C) groups is 1. The smallest absolute Gasteiger partial charge is 0.354 e. The predicted octanol–water partition coefficient (Wildman–Crippen LogP) is 1.07. The summed E-state index contributed by atoms with van der Waals surface area (Å²) < 4.78 is 0. The minimum absolute atomic E-state index is 0.0941. The van der Waals surface area contributed by atoms with Crippen LogP contribution in [0.1, 0.15) is 33.3 Å². The van der Waals surface area contributed by atoms with Gasteiger partial charge in [-0.3, -0.25) is 4.79 Å². The van der Waals surface area contributed by atoms with E-state index in [1.165, 1.54) is 18.6 Å². The summed E-state index contributed by atoms with van der Waals surface area (Å²) in [5, 5.41) is 9.00. The highest BCUT2D eigenvalue weighted by Crippen LogP contribution is 2.14. The maximum absolute atomic E-state index is 11.9. The molecule has 0 saturated heterocycles. The number of hydrogen-bond acceptors (Lipinski definition) is 3. The molecule has 1 aromatic heterocycles. The Hall–Kier alpha value is -2.24. The zero-order valence-electron chi connectivity index (χ0n) is 10.5. The molecule has 0 unspecified atom stereocenters. The molecule has 0 saturated carbocycles. The van der Waals surface area contributed by atoms with Gasteiger partial charge in [-0.15, -0.1) is 0 Å². The number of nitrogens with zero attached hydrogens (tertiary/aromatic N) is 3. The van der Waals surface area contributed by atoms with E-state index in [2.05, 4.69) is 9.98 Å². The van der Waals surface area contributed by atoms with Crippen LogP contribution in [0.2, 0.25) is 0 Å². The van der Waals surface area contributed by atoms with E-state index < -0.39 is 11.9 Å². The Morgan fingerprint density at radius 2 is 2.17 bits per heavy atom. The Morgan fingerprint density at radius 1 is 1.50 bits per heavy atom. The van der Waals surface area contributed by atoms with E-state index in [-0.39, 0.29) is 11.3 Å². The highest BCUT2D eigenvalue weighted by molar-refractivity contribution is 6.02. The van der Waals surface area contributed by atoms with E-state index >= 15 is 0 Å². The zero-order chi connectivity index (χ0) is 13.7. The minimum atomic E-state index is -1.14. The number of carboxylic acids is 1. The van der Waals surface area contributed by atoms with E-state index in [9.17, 15) is 9.59 Å². The largest absolute Gasteiger partial charge is 0.477 e. The predicted molar refractivity (Wildman–Crippen MR) is 67.1 cm³/mol. The third kappa shape index (κ3) is 3.13. The van der Waals surface area contributed by atoms with Gasteiger partial charge in [0, 0.05) is 25.9 Å². The molecule has 1 amide bonds. The molecule has 0 atom stereocenters. The summed E-state index contributed by atoms with van der Waals surface area (Å²) in [4.78, 5) is 32.0. The maximum atomic E-state index is 11.9.